The van der Waals surface area contributed by atoms with Crippen LogP contribution in [0.3, 0.4) is 0 Å². The number of hydrazone groups is 1. The Morgan fingerprint density at radius 3 is 2.84 bits per heavy atom. The van der Waals surface area contributed by atoms with Gasteiger partial charge in [-0.2, -0.15) is 5.10 Å². The molecule has 25 heavy (non-hydrogen) atoms. The van der Waals surface area contributed by atoms with Crippen molar-refractivity contribution in [2.75, 3.05) is 13.7 Å². The minimum atomic E-state index is -0.745. The van der Waals surface area contributed by atoms with E-state index in [-0.39, 0.29) is 12.5 Å². The number of nitrogens with one attached hydrogen (secondary N) is 1. The number of ether oxygens (including phenoxy) is 3. The smallest absolute Gasteiger partial charge is 0.284 e. The third kappa shape index (κ3) is 4.35. The number of carbonyl (C=O) groups is 1. The zero-order valence-electron chi connectivity index (χ0n) is 13.2. The van der Waals surface area contributed by atoms with Crippen LogP contribution in [0.4, 0.5) is 0 Å². The number of amides is 1. The number of para-hydroxylation sites is 2. The maximum atomic E-state index is 12.2. The Labute approximate surface area is 172 Å². The average Bonchev–Trinajstić information content (AvgIpc) is 2.61. The highest BCUT2D eigenvalue weighted by atomic mass is 127. The lowest BCUT2D eigenvalue weighted by molar-refractivity contribution is -0.130. The van der Waals surface area contributed by atoms with Crippen LogP contribution in [0, 0.1) is 7.14 Å². The maximum Gasteiger partial charge on any atom is 0.284 e. The van der Waals surface area contributed by atoms with E-state index in [4.69, 9.17) is 14.2 Å². The average molecular weight is 564 g/mol. The number of halogens is 2. The van der Waals surface area contributed by atoms with Gasteiger partial charge in [-0.25, -0.2) is 5.43 Å². The number of hydrogen-bond donors (Lipinski definition) is 1. The Bertz CT molecular complexity index is 826. The second kappa shape index (κ2) is 8.21. The molecule has 0 spiro atoms. The SMILES string of the molecule is COc1c(I)cc(I)cc1/C=N/NC(=O)C1COc2ccccc2O1. The Balaban J connectivity index is 1.66. The van der Waals surface area contributed by atoms with E-state index in [1.165, 1.54) is 0 Å². The van der Waals surface area contributed by atoms with Crippen molar-refractivity contribution >= 4 is 57.3 Å². The molecule has 0 aliphatic carbocycles. The molecule has 1 unspecified atom stereocenters. The summed E-state index contributed by atoms with van der Waals surface area (Å²) in [6.45, 7) is 0.142. The highest BCUT2D eigenvalue weighted by molar-refractivity contribution is 14.1. The molecule has 1 heterocycles. The highest BCUT2D eigenvalue weighted by Crippen LogP contribution is 2.31. The van der Waals surface area contributed by atoms with Crippen molar-refractivity contribution in [1.29, 1.82) is 0 Å². The molecule has 1 amide bonds. The molecule has 6 nitrogen and oxygen atoms in total. The van der Waals surface area contributed by atoms with Gasteiger partial charge >= 0.3 is 0 Å². The van der Waals surface area contributed by atoms with Gasteiger partial charge in [-0.05, 0) is 69.4 Å². The van der Waals surface area contributed by atoms with Gasteiger partial charge in [0.1, 0.15) is 12.4 Å². The second-order valence-electron chi connectivity index (χ2n) is 5.11. The lowest BCUT2D eigenvalue weighted by atomic mass is 10.2. The molecule has 0 radical (unpaired) electrons. The zero-order chi connectivity index (χ0) is 17.8. The fourth-order valence-corrected chi connectivity index (χ4v) is 4.39. The molecular weight excluding hydrogens is 550 g/mol. The lowest BCUT2D eigenvalue weighted by Gasteiger charge is -2.24. The van der Waals surface area contributed by atoms with Crippen LogP contribution in [0.5, 0.6) is 17.2 Å². The number of benzene rings is 2. The van der Waals surface area contributed by atoms with Gasteiger partial charge in [-0.3, -0.25) is 4.79 Å². The van der Waals surface area contributed by atoms with E-state index in [0.717, 1.165) is 12.7 Å². The molecule has 2 aromatic carbocycles. The van der Waals surface area contributed by atoms with Gasteiger partial charge < -0.3 is 14.2 Å². The first-order valence-corrected chi connectivity index (χ1v) is 9.48. The number of carbonyl (C=O) groups excluding carboxylic acids is 1. The largest absolute Gasteiger partial charge is 0.495 e. The van der Waals surface area contributed by atoms with Gasteiger partial charge in [0.2, 0.25) is 6.10 Å². The fourth-order valence-electron chi connectivity index (χ4n) is 2.28. The minimum absolute atomic E-state index is 0.142. The topological polar surface area (TPSA) is 69.2 Å². The Morgan fingerprint density at radius 2 is 2.08 bits per heavy atom. The zero-order valence-corrected chi connectivity index (χ0v) is 17.5. The molecule has 1 aliphatic heterocycles. The van der Waals surface area contributed by atoms with Crippen molar-refractivity contribution in [3.05, 3.63) is 49.1 Å². The first kappa shape index (κ1) is 18.2. The summed E-state index contributed by atoms with van der Waals surface area (Å²) in [5.41, 5.74) is 3.27. The van der Waals surface area contributed by atoms with Gasteiger partial charge in [-0.15, -0.1) is 0 Å². The number of fused-ring (bicyclic) bond motifs is 1. The van der Waals surface area contributed by atoms with Crippen LogP contribution in [0.2, 0.25) is 0 Å². The maximum absolute atomic E-state index is 12.2. The van der Waals surface area contributed by atoms with E-state index in [2.05, 4.69) is 55.7 Å². The monoisotopic (exact) mass is 564 g/mol. The lowest BCUT2D eigenvalue weighted by Crippen LogP contribution is -2.42. The highest BCUT2D eigenvalue weighted by Gasteiger charge is 2.27. The first-order chi connectivity index (χ1) is 12.1. The van der Waals surface area contributed by atoms with Crippen LogP contribution < -0.4 is 19.6 Å². The molecular formula is C17H14I2N2O4. The summed E-state index contributed by atoms with van der Waals surface area (Å²) < 4.78 is 18.6. The van der Waals surface area contributed by atoms with Crippen LogP contribution >= 0.6 is 45.2 Å². The molecule has 3 rings (SSSR count). The summed E-state index contributed by atoms with van der Waals surface area (Å²) in [7, 11) is 1.60. The standard InChI is InChI=1S/C17H14I2N2O4/c1-23-16-10(6-11(18)7-12(16)19)8-20-21-17(22)15-9-24-13-4-2-3-5-14(13)25-15/h2-8,15H,9H2,1H3,(H,21,22)/b20-8+. The molecule has 1 N–H and O–H groups in total. The van der Waals surface area contributed by atoms with Crippen molar-refractivity contribution in [2.45, 2.75) is 6.10 Å². The van der Waals surface area contributed by atoms with Crippen molar-refractivity contribution in [2.24, 2.45) is 5.10 Å². The van der Waals surface area contributed by atoms with E-state index in [1.807, 2.05) is 24.3 Å². The minimum Gasteiger partial charge on any atom is -0.495 e. The van der Waals surface area contributed by atoms with Crippen LogP contribution in [0.15, 0.2) is 41.5 Å². The number of hydrogen-bond acceptors (Lipinski definition) is 5. The number of rotatable bonds is 4. The fraction of sp³-hybridized carbons (Fsp3) is 0.176. The third-order valence-corrected chi connectivity index (χ3v) is 4.84. The second-order valence-corrected chi connectivity index (χ2v) is 7.52. The predicted octanol–water partition coefficient (Wildman–Crippen LogP) is 3.19. The quantitative estimate of drug-likeness (QED) is 0.352. The normalized spacial score (nSPS) is 15.9. The van der Waals surface area contributed by atoms with E-state index >= 15 is 0 Å². The van der Waals surface area contributed by atoms with E-state index in [0.29, 0.717) is 17.2 Å². The summed E-state index contributed by atoms with van der Waals surface area (Å²) >= 11 is 4.42. The molecule has 0 aromatic heterocycles. The van der Waals surface area contributed by atoms with E-state index in [1.54, 1.807) is 25.5 Å². The molecule has 1 atom stereocenters. The number of nitrogens with zero attached hydrogens (tertiary/aromatic N) is 1. The van der Waals surface area contributed by atoms with Crippen molar-refractivity contribution < 1.29 is 19.0 Å². The van der Waals surface area contributed by atoms with Crippen LogP contribution in [-0.4, -0.2) is 31.9 Å². The van der Waals surface area contributed by atoms with Crippen LogP contribution in [-0.2, 0) is 4.79 Å². The number of methoxy groups -OCH3 is 1. The molecule has 0 saturated carbocycles. The molecule has 8 heteroatoms. The van der Waals surface area contributed by atoms with Crippen molar-refractivity contribution in [3.8, 4) is 17.2 Å². The predicted molar refractivity (Wildman–Crippen MR) is 111 cm³/mol. The molecule has 0 bridgehead atoms. The molecule has 2 aromatic rings. The van der Waals surface area contributed by atoms with Gasteiger partial charge in [0.05, 0.1) is 16.9 Å². The van der Waals surface area contributed by atoms with Crippen LogP contribution in [0.25, 0.3) is 0 Å². The van der Waals surface area contributed by atoms with E-state index < -0.39 is 6.10 Å². The Morgan fingerprint density at radius 1 is 1.32 bits per heavy atom. The van der Waals surface area contributed by atoms with Crippen molar-refractivity contribution in [3.63, 3.8) is 0 Å². The summed E-state index contributed by atoms with van der Waals surface area (Å²) in [6.07, 6.45) is 0.809. The summed E-state index contributed by atoms with van der Waals surface area (Å²) in [6, 6.07) is 11.2. The molecule has 130 valence electrons. The van der Waals surface area contributed by atoms with Gasteiger partial charge in [0.15, 0.2) is 11.5 Å². The Kier molecular flexibility index (Phi) is 5.99. The van der Waals surface area contributed by atoms with Gasteiger partial charge in [0.25, 0.3) is 5.91 Å². The third-order valence-electron chi connectivity index (χ3n) is 3.42. The summed E-state index contributed by atoms with van der Waals surface area (Å²) in [4.78, 5) is 12.2. The van der Waals surface area contributed by atoms with Crippen molar-refractivity contribution in [1.82, 2.24) is 5.43 Å². The van der Waals surface area contributed by atoms with Gasteiger partial charge in [-0.1, -0.05) is 12.1 Å². The molecule has 1 aliphatic rings. The van der Waals surface area contributed by atoms with Crippen LogP contribution in [0.1, 0.15) is 5.56 Å². The first-order valence-electron chi connectivity index (χ1n) is 7.33. The molecule has 0 fully saturated rings. The van der Waals surface area contributed by atoms with E-state index in [9.17, 15) is 4.79 Å². The summed E-state index contributed by atoms with van der Waals surface area (Å²) in [5, 5.41) is 4.02. The Hall–Kier alpha value is -1.56. The summed E-state index contributed by atoms with van der Waals surface area (Å²) in [5.74, 6) is 1.52. The molecule has 0 saturated heterocycles. The van der Waals surface area contributed by atoms with Gasteiger partial charge in [0, 0.05) is 9.13 Å².